The Kier molecular flexibility index (Phi) is 3.71. The fraction of sp³-hybridized carbons (Fsp3) is 0.833. The van der Waals surface area contributed by atoms with Crippen molar-refractivity contribution in [1.82, 2.24) is 10.3 Å². The maximum atomic E-state index is 5.18. The summed E-state index contributed by atoms with van der Waals surface area (Å²) in [5.74, 6) is 5.14. The monoisotopic (exact) mass is 175 g/mol. The van der Waals surface area contributed by atoms with E-state index < -0.39 is 0 Å². The molecule has 64 valence electrons. The molecule has 1 aliphatic rings. The van der Waals surface area contributed by atoms with E-state index in [1.54, 1.807) is 0 Å². The topological polar surface area (TPSA) is 50.5 Å². The van der Waals surface area contributed by atoms with Gasteiger partial charge in [0.2, 0.25) is 0 Å². The largest absolute Gasteiger partial charge is 0.378 e. The van der Waals surface area contributed by atoms with Crippen LogP contribution in [0, 0.1) is 0 Å². The molecule has 0 saturated carbocycles. The molecule has 1 heterocycles. The van der Waals surface area contributed by atoms with Gasteiger partial charge < -0.3 is 9.64 Å². The summed E-state index contributed by atoms with van der Waals surface area (Å²) < 4.78 is 5.18. The number of nitrogens with one attached hydrogen (secondary N) is 1. The van der Waals surface area contributed by atoms with E-state index in [1.807, 2.05) is 0 Å². The zero-order chi connectivity index (χ0) is 8.10. The van der Waals surface area contributed by atoms with Crippen molar-refractivity contribution >= 4 is 17.2 Å². The molecule has 0 aromatic rings. The van der Waals surface area contributed by atoms with Crippen molar-refractivity contribution in [2.24, 2.45) is 5.84 Å². The standard InChI is InChI=1S/C6H13N3OS/c7-8-5-6(11)9-1-3-10-4-2-9/h8H,1-5,7H2. The number of hydrogen-bond donors (Lipinski definition) is 2. The fourth-order valence-corrected chi connectivity index (χ4v) is 1.28. The second kappa shape index (κ2) is 4.61. The minimum absolute atomic E-state index is 0.579. The van der Waals surface area contributed by atoms with Crippen molar-refractivity contribution in [3.8, 4) is 0 Å². The molecule has 1 aliphatic heterocycles. The highest BCUT2D eigenvalue weighted by molar-refractivity contribution is 7.80. The van der Waals surface area contributed by atoms with Crippen LogP contribution >= 0.6 is 12.2 Å². The van der Waals surface area contributed by atoms with E-state index in [0.717, 1.165) is 31.3 Å². The van der Waals surface area contributed by atoms with Gasteiger partial charge in [-0.25, -0.2) is 0 Å². The molecule has 1 rings (SSSR count). The third kappa shape index (κ3) is 2.70. The van der Waals surface area contributed by atoms with Gasteiger partial charge in [0.15, 0.2) is 0 Å². The summed E-state index contributed by atoms with van der Waals surface area (Å²) in [4.78, 5) is 2.98. The van der Waals surface area contributed by atoms with Crippen molar-refractivity contribution in [2.75, 3.05) is 32.8 Å². The van der Waals surface area contributed by atoms with Crippen LogP contribution in [0.1, 0.15) is 0 Å². The number of hydrogen-bond acceptors (Lipinski definition) is 4. The van der Waals surface area contributed by atoms with E-state index in [0.29, 0.717) is 6.54 Å². The molecule has 4 nitrogen and oxygen atoms in total. The maximum Gasteiger partial charge on any atom is 0.0935 e. The zero-order valence-electron chi connectivity index (χ0n) is 6.38. The van der Waals surface area contributed by atoms with Gasteiger partial charge in [0.05, 0.1) is 24.7 Å². The van der Waals surface area contributed by atoms with Gasteiger partial charge in [-0.1, -0.05) is 12.2 Å². The maximum absolute atomic E-state index is 5.18. The zero-order valence-corrected chi connectivity index (χ0v) is 7.19. The van der Waals surface area contributed by atoms with E-state index in [1.165, 1.54) is 0 Å². The molecule has 0 bridgehead atoms. The quantitative estimate of drug-likeness (QED) is 0.324. The molecule has 1 saturated heterocycles. The number of rotatable bonds is 2. The van der Waals surface area contributed by atoms with Gasteiger partial charge in [0.25, 0.3) is 0 Å². The van der Waals surface area contributed by atoms with Gasteiger partial charge in [0.1, 0.15) is 0 Å². The molecule has 0 aromatic carbocycles. The third-order valence-corrected chi connectivity index (χ3v) is 2.02. The lowest BCUT2D eigenvalue weighted by Crippen LogP contribution is -2.44. The Morgan fingerprint density at radius 3 is 2.73 bits per heavy atom. The second-order valence-electron chi connectivity index (χ2n) is 2.37. The van der Waals surface area contributed by atoms with Crippen LogP contribution in [0.4, 0.5) is 0 Å². The first-order chi connectivity index (χ1) is 5.34. The molecule has 5 heteroatoms. The highest BCUT2D eigenvalue weighted by atomic mass is 32.1. The molecule has 0 aromatic heterocycles. The van der Waals surface area contributed by atoms with Crippen LogP contribution < -0.4 is 11.3 Å². The van der Waals surface area contributed by atoms with Crippen molar-refractivity contribution in [3.63, 3.8) is 0 Å². The smallest absolute Gasteiger partial charge is 0.0935 e. The normalized spacial score (nSPS) is 18.5. The number of ether oxygens (including phenoxy) is 1. The van der Waals surface area contributed by atoms with Crippen LogP contribution in [0.2, 0.25) is 0 Å². The summed E-state index contributed by atoms with van der Waals surface area (Å²) in [6, 6.07) is 0. The van der Waals surface area contributed by atoms with Gasteiger partial charge in [-0.15, -0.1) is 0 Å². The molecule has 0 unspecified atom stereocenters. The number of thiocarbonyl (C=S) groups is 1. The average Bonchev–Trinajstić information content (AvgIpc) is 2.07. The van der Waals surface area contributed by atoms with E-state index in [4.69, 9.17) is 22.8 Å². The predicted molar refractivity (Wildman–Crippen MR) is 47.2 cm³/mol. The fourth-order valence-electron chi connectivity index (χ4n) is 1.01. The van der Waals surface area contributed by atoms with E-state index in [9.17, 15) is 0 Å². The number of nitrogens with zero attached hydrogens (tertiary/aromatic N) is 1. The van der Waals surface area contributed by atoms with E-state index in [2.05, 4.69) is 10.3 Å². The third-order valence-electron chi connectivity index (χ3n) is 1.62. The van der Waals surface area contributed by atoms with Crippen LogP contribution in [0.25, 0.3) is 0 Å². The summed E-state index contributed by atoms with van der Waals surface area (Å²) in [5, 5.41) is 0. The van der Waals surface area contributed by atoms with Gasteiger partial charge in [-0.2, -0.15) is 0 Å². The number of morpholine rings is 1. The second-order valence-corrected chi connectivity index (χ2v) is 2.85. The number of nitrogens with two attached hydrogens (primary N) is 1. The molecule has 0 radical (unpaired) electrons. The van der Waals surface area contributed by atoms with Crippen molar-refractivity contribution in [1.29, 1.82) is 0 Å². The summed E-state index contributed by atoms with van der Waals surface area (Å²) in [6.45, 7) is 3.89. The molecule has 0 amide bonds. The van der Waals surface area contributed by atoms with Crippen LogP contribution in [-0.2, 0) is 4.74 Å². The highest BCUT2D eigenvalue weighted by Gasteiger charge is 2.11. The lowest BCUT2D eigenvalue weighted by Gasteiger charge is -2.28. The molecule has 0 aliphatic carbocycles. The average molecular weight is 175 g/mol. The van der Waals surface area contributed by atoms with Gasteiger partial charge in [0, 0.05) is 13.1 Å². The van der Waals surface area contributed by atoms with Crippen LogP contribution in [0.15, 0.2) is 0 Å². The summed E-state index contributed by atoms with van der Waals surface area (Å²) in [6.07, 6.45) is 0. The lowest BCUT2D eigenvalue weighted by molar-refractivity contribution is 0.0684. The van der Waals surface area contributed by atoms with Crippen LogP contribution in [-0.4, -0.2) is 42.7 Å². The molecule has 0 spiro atoms. The molecule has 3 N–H and O–H groups in total. The van der Waals surface area contributed by atoms with Crippen molar-refractivity contribution < 1.29 is 4.74 Å². The highest BCUT2D eigenvalue weighted by Crippen LogP contribution is 1.97. The summed E-state index contributed by atoms with van der Waals surface area (Å²) >= 11 is 5.10. The Hall–Kier alpha value is -0.230. The first kappa shape index (κ1) is 8.86. The predicted octanol–water partition coefficient (Wildman–Crippen LogP) is -0.891. The van der Waals surface area contributed by atoms with E-state index >= 15 is 0 Å². The van der Waals surface area contributed by atoms with Gasteiger partial charge in [-0.05, 0) is 0 Å². The Labute approximate surface area is 71.7 Å². The molecular weight excluding hydrogens is 162 g/mol. The van der Waals surface area contributed by atoms with Gasteiger partial charge in [-0.3, -0.25) is 11.3 Å². The molecule has 11 heavy (non-hydrogen) atoms. The first-order valence-corrected chi connectivity index (χ1v) is 4.04. The van der Waals surface area contributed by atoms with E-state index in [-0.39, 0.29) is 0 Å². The molecular formula is C6H13N3OS. The van der Waals surface area contributed by atoms with Crippen molar-refractivity contribution in [2.45, 2.75) is 0 Å². The SMILES string of the molecule is NNCC(=S)N1CCOCC1. The first-order valence-electron chi connectivity index (χ1n) is 3.63. The van der Waals surface area contributed by atoms with Crippen molar-refractivity contribution in [3.05, 3.63) is 0 Å². The minimum Gasteiger partial charge on any atom is -0.378 e. The minimum atomic E-state index is 0.579. The Morgan fingerprint density at radius 1 is 1.55 bits per heavy atom. The van der Waals surface area contributed by atoms with Gasteiger partial charge >= 0.3 is 0 Å². The number of hydrazine groups is 1. The Bertz CT molecular complexity index is 136. The van der Waals surface area contributed by atoms with Crippen LogP contribution in [0.5, 0.6) is 0 Å². The lowest BCUT2D eigenvalue weighted by atomic mass is 10.4. The summed E-state index contributed by atoms with van der Waals surface area (Å²) in [7, 11) is 0. The molecule has 1 fully saturated rings. The Morgan fingerprint density at radius 2 is 2.18 bits per heavy atom. The Balaban J connectivity index is 2.27. The molecule has 0 atom stereocenters. The summed E-state index contributed by atoms with van der Waals surface area (Å²) in [5.41, 5.74) is 2.54. The van der Waals surface area contributed by atoms with Crippen LogP contribution in [0.3, 0.4) is 0 Å².